The molecule has 0 saturated heterocycles. The maximum Gasteiger partial charge on any atom is 0.306 e. The van der Waals surface area contributed by atoms with E-state index in [1.165, 1.54) is 0 Å². The first-order valence-corrected chi connectivity index (χ1v) is 6.76. The van der Waals surface area contributed by atoms with Crippen molar-refractivity contribution < 1.29 is 15.0 Å². The van der Waals surface area contributed by atoms with E-state index in [-0.39, 0.29) is 5.75 Å². The maximum atomic E-state index is 11.3. The van der Waals surface area contributed by atoms with Crippen LogP contribution in [0.2, 0.25) is 0 Å². The highest BCUT2D eigenvalue weighted by molar-refractivity contribution is 5.86. The molecule has 0 radical (unpaired) electrons. The van der Waals surface area contributed by atoms with E-state index in [1.807, 2.05) is 13.0 Å². The van der Waals surface area contributed by atoms with Gasteiger partial charge in [0.05, 0.1) is 5.92 Å². The van der Waals surface area contributed by atoms with Crippen LogP contribution in [-0.4, -0.2) is 27.7 Å². The summed E-state index contributed by atoms with van der Waals surface area (Å²) in [5.41, 5.74) is 8.25. The van der Waals surface area contributed by atoms with Gasteiger partial charge in [-0.05, 0) is 50.4 Å². The van der Waals surface area contributed by atoms with Gasteiger partial charge in [0.2, 0.25) is 0 Å². The Kier molecular flexibility index (Phi) is 4.29. The van der Waals surface area contributed by atoms with Crippen LogP contribution in [0.3, 0.4) is 0 Å². The van der Waals surface area contributed by atoms with Crippen LogP contribution in [0.15, 0.2) is 18.2 Å². The van der Waals surface area contributed by atoms with Crippen molar-refractivity contribution in [2.75, 3.05) is 6.54 Å². The molecule has 5 N–H and O–H groups in total. The molecule has 2 aromatic rings. The summed E-state index contributed by atoms with van der Waals surface area (Å²) in [5.74, 6) is -1.01. The van der Waals surface area contributed by atoms with Gasteiger partial charge in [-0.25, -0.2) is 0 Å². The van der Waals surface area contributed by atoms with E-state index in [0.29, 0.717) is 25.8 Å². The van der Waals surface area contributed by atoms with Gasteiger partial charge >= 0.3 is 5.97 Å². The van der Waals surface area contributed by atoms with Crippen LogP contribution in [0.1, 0.15) is 24.1 Å². The standard InChI is InChI=1S/C15H20N2O3/c1-9-13(7-10(15(19)20)3-2-6-16)12-5-4-11(18)8-14(12)17-9/h4-5,8,10,17-18H,2-3,6-7,16H2,1H3,(H,19,20). The molecule has 0 fully saturated rings. The van der Waals surface area contributed by atoms with E-state index in [4.69, 9.17) is 5.73 Å². The van der Waals surface area contributed by atoms with E-state index in [2.05, 4.69) is 4.98 Å². The molecule has 0 aliphatic heterocycles. The maximum absolute atomic E-state index is 11.3. The normalized spacial score (nSPS) is 12.7. The number of aromatic amines is 1. The number of carboxylic acids is 1. The van der Waals surface area contributed by atoms with Crippen molar-refractivity contribution in [3.8, 4) is 5.75 Å². The molecule has 1 unspecified atom stereocenters. The number of aryl methyl sites for hydroxylation is 1. The lowest BCUT2D eigenvalue weighted by atomic mass is 9.93. The minimum atomic E-state index is -0.786. The van der Waals surface area contributed by atoms with Crippen molar-refractivity contribution in [1.82, 2.24) is 4.98 Å². The molecule has 108 valence electrons. The number of nitrogens with one attached hydrogen (secondary N) is 1. The lowest BCUT2D eigenvalue weighted by Crippen LogP contribution is -2.18. The summed E-state index contributed by atoms with van der Waals surface area (Å²) < 4.78 is 0. The summed E-state index contributed by atoms with van der Waals surface area (Å²) in [6, 6.07) is 5.10. The predicted molar refractivity (Wildman–Crippen MR) is 77.8 cm³/mol. The second kappa shape index (κ2) is 5.96. The minimum absolute atomic E-state index is 0.197. The fraction of sp³-hybridized carbons (Fsp3) is 0.400. The lowest BCUT2D eigenvalue weighted by molar-refractivity contribution is -0.141. The smallest absolute Gasteiger partial charge is 0.306 e. The molecule has 0 aliphatic carbocycles. The topological polar surface area (TPSA) is 99.3 Å². The largest absolute Gasteiger partial charge is 0.508 e. The molecule has 0 saturated carbocycles. The Morgan fingerprint density at radius 2 is 2.20 bits per heavy atom. The number of carbonyl (C=O) groups is 1. The van der Waals surface area contributed by atoms with Gasteiger partial charge in [0, 0.05) is 22.7 Å². The van der Waals surface area contributed by atoms with Crippen molar-refractivity contribution in [3.05, 3.63) is 29.5 Å². The zero-order chi connectivity index (χ0) is 14.7. The van der Waals surface area contributed by atoms with Crippen LogP contribution in [-0.2, 0) is 11.2 Å². The third-order valence-corrected chi connectivity index (χ3v) is 3.66. The number of carboxylic acid groups (broad SMARTS) is 1. The molecule has 0 amide bonds. The fourth-order valence-electron chi connectivity index (χ4n) is 2.56. The molecule has 0 spiro atoms. The summed E-state index contributed by atoms with van der Waals surface area (Å²) in [6.07, 6.45) is 1.77. The van der Waals surface area contributed by atoms with E-state index < -0.39 is 11.9 Å². The zero-order valence-electron chi connectivity index (χ0n) is 11.5. The molecule has 1 atom stereocenters. The SMILES string of the molecule is Cc1[nH]c2cc(O)ccc2c1CC(CCCN)C(=O)O. The van der Waals surface area contributed by atoms with Gasteiger partial charge in [0.25, 0.3) is 0 Å². The number of phenols is 1. The van der Waals surface area contributed by atoms with Crippen molar-refractivity contribution in [2.45, 2.75) is 26.2 Å². The van der Waals surface area contributed by atoms with Crippen LogP contribution in [0.25, 0.3) is 10.9 Å². The fourth-order valence-corrected chi connectivity index (χ4v) is 2.56. The molecule has 1 heterocycles. The first kappa shape index (κ1) is 14.4. The molecule has 0 bridgehead atoms. The van der Waals surface area contributed by atoms with Crippen molar-refractivity contribution in [2.24, 2.45) is 11.7 Å². The van der Waals surface area contributed by atoms with Crippen LogP contribution in [0, 0.1) is 12.8 Å². The van der Waals surface area contributed by atoms with Gasteiger partial charge in [-0.3, -0.25) is 4.79 Å². The molecule has 1 aromatic heterocycles. The first-order chi connectivity index (χ1) is 9.52. The number of fused-ring (bicyclic) bond motifs is 1. The number of H-pyrrole nitrogens is 1. The van der Waals surface area contributed by atoms with Gasteiger partial charge in [-0.2, -0.15) is 0 Å². The zero-order valence-corrected chi connectivity index (χ0v) is 11.5. The van der Waals surface area contributed by atoms with Crippen LogP contribution >= 0.6 is 0 Å². The highest BCUT2D eigenvalue weighted by Gasteiger charge is 2.20. The molecule has 5 heteroatoms. The number of aromatic hydroxyl groups is 1. The Hall–Kier alpha value is -2.01. The molecule has 5 nitrogen and oxygen atoms in total. The van der Waals surface area contributed by atoms with E-state index >= 15 is 0 Å². The minimum Gasteiger partial charge on any atom is -0.508 e. The summed E-state index contributed by atoms with van der Waals surface area (Å²) in [6.45, 7) is 2.43. The Balaban J connectivity index is 2.31. The number of benzene rings is 1. The van der Waals surface area contributed by atoms with Gasteiger partial charge < -0.3 is 20.9 Å². The van der Waals surface area contributed by atoms with Gasteiger partial charge in [-0.15, -0.1) is 0 Å². The third kappa shape index (κ3) is 2.93. The van der Waals surface area contributed by atoms with E-state index in [0.717, 1.165) is 22.2 Å². The van der Waals surface area contributed by atoms with Gasteiger partial charge in [0.1, 0.15) is 5.75 Å². The third-order valence-electron chi connectivity index (χ3n) is 3.66. The summed E-state index contributed by atoms with van der Waals surface area (Å²) in [7, 11) is 0. The number of hydrogen-bond donors (Lipinski definition) is 4. The van der Waals surface area contributed by atoms with Crippen molar-refractivity contribution in [1.29, 1.82) is 0 Å². The number of nitrogens with two attached hydrogens (primary N) is 1. The lowest BCUT2D eigenvalue weighted by Gasteiger charge is -2.12. The van der Waals surface area contributed by atoms with Crippen LogP contribution < -0.4 is 5.73 Å². The Bertz CT molecular complexity index is 619. The highest BCUT2D eigenvalue weighted by Crippen LogP contribution is 2.28. The second-order valence-corrected chi connectivity index (χ2v) is 5.13. The Morgan fingerprint density at radius 1 is 1.45 bits per heavy atom. The number of aliphatic carboxylic acids is 1. The van der Waals surface area contributed by atoms with Crippen molar-refractivity contribution in [3.63, 3.8) is 0 Å². The summed E-state index contributed by atoms with van der Waals surface area (Å²) in [4.78, 5) is 14.5. The Morgan fingerprint density at radius 3 is 2.85 bits per heavy atom. The van der Waals surface area contributed by atoms with Crippen LogP contribution in [0.5, 0.6) is 5.75 Å². The highest BCUT2D eigenvalue weighted by atomic mass is 16.4. The average Bonchev–Trinajstić information content (AvgIpc) is 2.69. The van der Waals surface area contributed by atoms with E-state index in [9.17, 15) is 15.0 Å². The first-order valence-electron chi connectivity index (χ1n) is 6.76. The second-order valence-electron chi connectivity index (χ2n) is 5.13. The molecule has 2 rings (SSSR count). The number of hydrogen-bond acceptors (Lipinski definition) is 3. The number of phenolic OH excluding ortho intramolecular Hbond substituents is 1. The van der Waals surface area contributed by atoms with Gasteiger partial charge in [-0.1, -0.05) is 0 Å². The van der Waals surface area contributed by atoms with Gasteiger partial charge in [0.15, 0.2) is 0 Å². The molecule has 1 aromatic carbocycles. The van der Waals surface area contributed by atoms with E-state index in [1.54, 1.807) is 12.1 Å². The monoisotopic (exact) mass is 276 g/mol. The molecule has 20 heavy (non-hydrogen) atoms. The number of aromatic nitrogens is 1. The Labute approximate surface area is 117 Å². The van der Waals surface area contributed by atoms with Crippen LogP contribution in [0.4, 0.5) is 0 Å². The number of rotatable bonds is 6. The summed E-state index contributed by atoms with van der Waals surface area (Å²) >= 11 is 0. The average molecular weight is 276 g/mol. The quantitative estimate of drug-likeness (QED) is 0.649. The molecule has 0 aliphatic rings. The predicted octanol–water partition coefficient (Wildman–Crippen LogP) is 2.16. The molecular weight excluding hydrogens is 256 g/mol. The molecular formula is C15H20N2O3. The van der Waals surface area contributed by atoms with Crippen molar-refractivity contribution >= 4 is 16.9 Å². The summed E-state index contributed by atoms with van der Waals surface area (Å²) in [5, 5.41) is 19.8.